The van der Waals surface area contributed by atoms with Gasteiger partial charge in [0.2, 0.25) is 0 Å². The minimum Gasteiger partial charge on any atom is -0.316 e. The predicted molar refractivity (Wildman–Crippen MR) is 63.4 cm³/mol. The largest absolute Gasteiger partial charge is 0.316 e. The Balaban J connectivity index is 2.07. The van der Waals surface area contributed by atoms with Crippen molar-refractivity contribution < 1.29 is 0 Å². The van der Waals surface area contributed by atoms with Gasteiger partial charge in [-0.1, -0.05) is 44.2 Å². The fourth-order valence-corrected chi connectivity index (χ4v) is 2.44. The van der Waals surface area contributed by atoms with Crippen molar-refractivity contribution >= 4 is 0 Å². The van der Waals surface area contributed by atoms with E-state index in [2.05, 4.69) is 49.5 Å². The first kappa shape index (κ1) is 10.7. The zero-order valence-electron chi connectivity index (χ0n) is 9.53. The third kappa shape index (κ3) is 2.39. The highest BCUT2D eigenvalue weighted by Crippen LogP contribution is 2.33. The van der Waals surface area contributed by atoms with Crippen molar-refractivity contribution in [3.05, 3.63) is 35.9 Å². The van der Waals surface area contributed by atoms with Crippen LogP contribution in [0.25, 0.3) is 0 Å². The van der Waals surface area contributed by atoms with Gasteiger partial charge in [0.1, 0.15) is 0 Å². The normalized spacial score (nSPS) is 29.3. The summed E-state index contributed by atoms with van der Waals surface area (Å²) in [5.41, 5.74) is 7.63. The van der Waals surface area contributed by atoms with Gasteiger partial charge in [-0.3, -0.25) is 5.32 Å². The van der Waals surface area contributed by atoms with Crippen LogP contribution in [0.2, 0.25) is 0 Å². The standard InChI is InChI=1S/C13H20N2/c1-13(2)9-12(14)15-11(13)8-10-6-4-3-5-7-10/h3-7,11-12,15H,8-9,14H2,1-2H3. The fourth-order valence-electron chi connectivity index (χ4n) is 2.44. The maximum Gasteiger partial charge on any atom is 0.0554 e. The van der Waals surface area contributed by atoms with Crippen molar-refractivity contribution in [2.75, 3.05) is 0 Å². The number of nitrogens with two attached hydrogens (primary N) is 1. The highest BCUT2D eigenvalue weighted by molar-refractivity contribution is 5.17. The van der Waals surface area contributed by atoms with Gasteiger partial charge in [0.05, 0.1) is 6.17 Å². The molecule has 82 valence electrons. The number of rotatable bonds is 2. The summed E-state index contributed by atoms with van der Waals surface area (Å²) in [5.74, 6) is 0. The molecule has 0 radical (unpaired) electrons. The molecule has 1 aromatic carbocycles. The van der Waals surface area contributed by atoms with Crippen LogP contribution < -0.4 is 11.1 Å². The molecule has 1 fully saturated rings. The van der Waals surface area contributed by atoms with Gasteiger partial charge in [-0.05, 0) is 23.8 Å². The van der Waals surface area contributed by atoms with Gasteiger partial charge in [-0.2, -0.15) is 0 Å². The SMILES string of the molecule is CC1(C)CC(N)NC1Cc1ccccc1. The fraction of sp³-hybridized carbons (Fsp3) is 0.538. The van der Waals surface area contributed by atoms with E-state index in [1.165, 1.54) is 5.56 Å². The molecule has 1 aliphatic heterocycles. The maximum absolute atomic E-state index is 5.94. The summed E-state index contributed by atoms with van der Waals surface area (Å²) in [5, 5.41) is 3.47. The Labute approximate surface area is 91.9 Å². The first-order chi connectivity index (χ1) is 7.08. The van der Waals surface area contributed by atoms with Crippen LogP contribution in [-0.4, -0.2) is 12.2 Å². The average Bonchev–Trinajstić information content (AvgIpc) is 2.41. The number of hydrogen-bond acceptors (Lipinski definition) is 2. The Kier molecular flexibility index (Phi) is 2.81. The van der Waals surface area contributed by atoms with Crippen molar-refractivity contribution in [1.82, 2.24) is 5.32 Å². The summed E-state index contributed by atoms with van der Waals surface area (Å²) in [7, 11) is 0. The molecule has 0 bridgehead atoms. The lowest BCUT2D eigenvalue weighted by Gasteiger charge is -2.26. The van der Waals surface area contributed by atoms with E-state index in [9.17, 15) is 0 Å². The second kappa shape index (κ2) is 3.95. The highest BCUT2D eigenvalue weighted by atomic mass is 15.1. The first-order valence-electron chi connectivity index (χ1n) is 5.63. The second-order valence-electron chi connectivity index (χ2n) is 5.21. The molecular weight excluding hydrogens is 184 g/mol. The first-order valence-corrected chi connectivity index (χ1v) is 5.63. The van der Waals surface area contributed by atoms with E-state index >= 15 is 0 Å². The van der Waals surface area contributed by atoms with Crippen LogP contribution in [0.5, 0.6) is 0 Å². The van der Waals surface area contributed by atoms with E-state index in [0.29, 0.717) is 11.5 Å². The Morgan fingerprint density at radius 1 is 1.33 bits per heavy atom. The van der Waals surface area contributed by atoms with Gasteiger partial charge in [0, 0.05) is 6.04 Å². The predicted octanol–water partition coefficient (Wildman–Crippen LogP) is 1.90. The topological polar surface area (TPSA) is 38.0 Å². The van der Waals surface area contributed by atoms with E-state index in [4.69, 9.17) is 5.73 Å². The van der Waals surface area contributed by atoms with Gasteiger partial charge in [0.15, 0.2) is 0 Å². The van der Waals surface area contributed by atoms with E-state index < -0.39 is 0 Å². The third-order valence-corrected chi connectivity index (χ3v) is 3.39. The molecule has 1 aliphatic rings. The zero-order chi connectivity index (χ0) is 10.9. The Morgan fingerprint density at radius 3 is 2.53 bits per heavy atom. The summed E-state index contributed by atoms with van der Waals surface area (Å²) in [6, 6.07) is 11.1. The van der Waals surface area contributed by atoms with Crippen molar-refractivity contribution in [2.45, 2.75) is 38.9 Å². The van der Waals surface area contributed by atoms with Gasteiger partial charge in [-0.15, -0.1) is 0 Å². The van der Waals surface area contributed by atoms with Crippen LogP contribution in [0, 0.1) is 5.41 Å². The molecule has 2 heteroatoms. The van der Waals surface area contributed by atoms with Crippen molar-refractivity contribution in [2.24, 2.45) is 11.1 Å². The quantitative estimate of drug-likeness (QED) is 0.772. The second-order valence-corrected chi connectivity index (χ2v) is 5.21. The van der Waals surface area contributed by atoms with Crippen LogP contribution in [0.15, 0.2) is 30.3 Å². The van der Waals surface area contributed by atoms with Gasteiger partial charge < -0.3 is 5.73 Å². The minimum absolute atomic E-state index is 0.161. The van der Waals surface area contributed by atoms with Crippen molar-refractivity contribution in [1.29, 1.82) is 0 Å². The van der Waals surface area contributed by atoms with Crippen LogP contribution in [0.3, 0.4) is 0 Å². The van der Waals surface area contributed by atoms with E-state index in [-0.39, 0.29) is 6.17 Å². The van der Waals surface area contributed by atoms with Crippen LogP contribution in [0.1, 0.15) is 25.8 Å². The van der Waals surface area contributed by atoms with Gasteiger partial charge in [0.25, 0.3) is 0 Å². The molecule has 0 saturated carbocycles. The number of hydrogen-bond donors (Lipinski definition) is 2. The van der Waals surface area contributed by atoms with E-state index in [0.717, 1.165) is 12.8 Å². The molecule has 0 amide bonds. The maximum atomic E-state index is 5.94. The van der Waals surface area contributed by atoms with E-state index in [1.54, 1.807) is 0 Å². The third-order valence-electron chi connectivity index (χ3n) is 3.39. The molecule has 0 aliphatic carbocycles. The molecule has 0 aromatic heterocycles. The smallest absolute Gasteiger partial charge is 0.0554 e. The molecule has 2 rings (SSSR count). The van der Waals surface area contributed by atoms with Gasteiger partial charge in [-0.25, -0.2) is 0 Å². The molecule has 2 atom stereocenters. The molecule has 2 unspecified atom stereocenters. The number of benzene rings is 1. The monoisotopic (exact) mass is 204 g/mol. The molecule has 3 N–H and O–H groups in total. The van der Waals surface area contributed by atoms with Crippen LogP contribution in [-0.2, 0) is 6.42 Å². The van der Waals surface area contributed by atoms with Gasteiger partial charge >= 0.3 is 0 Å². The minimum atomic E-state index is 0.161. The van der Waals surface area contributed by atoms with Crippen LogP contribution in [0.4, 0.5) is 0 Å². The van der Waals surface area contributed by atoms with Crippen LogP contribution >= 0.6 is 0 Å². The lowest BCUT2D eigenvalue weighted by Crippen LogP contribution is -2.39. The lowest BCUT2D eigenvalue weighted by atomic mass is 9.81. The Morgan fingerprint density at radius 2 is 2.00 bits per heavy atom. The molecule has 1 aromatic rings. The lowest BCUT2D eigenvalue weighted by molar-refractivity contribution is 0.311. The summed E-state index contributed by atoms with van der Waals surface area (Å²) in [6.45, 7) is 4.58. The molecule has 2 nitrogen and oxygen atoms in total. The Hall–Kier alpha value is -0.860. The molecule has 1 heterocycles. The van der Waals surface area contributed by atoms with E-state index in [1.807, 2.05) is 0 Å². The number of nitrogens with one attached hydrogen (secondary N) is 1. The molecule has 1 saturated heterocycles. The summed E-state index contributed by atoms with van der Waals surface area (Å²) >= 11 is 0. The zero-order valence-corrected chi connectivity index (χ0v) is 9.53. The molecule has 0 spiro atoms. The molecule has 15 heavy (non-hydrogen) atoms. The highest BCUT2D eigenvalue weighted by Gasteiger charge is 2.38. The Bertz CT molecular complexity index is 319. The average molecular weight is 204 g/mol. The summed E-state index contributed by atoms with van der Waals surface area (Å²) in [6.07, 6.45) is 2.29. The summed E-state index contributed by atoms with van der Waals surface area (Å²) < 4.78 is 0. The summed E-state index contributed by atoms with van der Waals surface area (Å²) in [4.78, 5) is 0. The van der Waals surface area contributed by atoms with Crippen molar-refractivity contribution in [3.8, 4) is 0 Å². The molecular formula is C13H20N2. The van der Waals surface area contributed by atoms with Crippen molar-refractivity contribution in [3.63, 3.8) is 0 Å².